The van der Waals surface area contributed by atoms with Crippen molar-refractivity contribution in [3.05, 3.63) is 65.7 Å². The fraction of sp³-hybridized carbons (Fsp3) is 0.391. The number of rotatable bonds is 4. The molecule has 1 fully saturated rings. The molecule has 5 atom stereocenters. The van der Waals surface area contributed by atoms with Crippen LogP contribution in [0.15, 0.2) is 59.6 Å². The second kappa shape index (κ2) is 9.36. The zero-order valence-electron chi connectivity index (χ0n) is 17.7. The van der Waals surface area contributed by atoms with E-state index in [1.807, 2.05) is 30.3 Å². The molecule has 0 spiro atoms. The lowest BCUT2D eigenvalue weighted by molar-refractivity contribution is -0.139. The van der Waals surface area contributed by atoms with E-state index in [4.69, 9.17) is 0 Å². The molecular weight excluding hydrogens is 455 g/mol. The van der Waals surface area contributed by atoms with Gasteiger partial charge in [0.05, 0.1) is 23.6 Å². The summed E-state index contributed by atoms with van der Waals surface area (Å²) in [4.78, 5) is 19.2. The van der Waals surface area contributed by atoms with Gasteiger partial charge >= 0.3 is 6.18 Å². The lowest BCUT2D eigenvalue weighted by Crippen LogP contribution is -2.54. The summed E-state index contributed by atoms with van der Waals surface area (Å²) in [5, 5.41) is 23.6. The molecule has 6 nitrogen and oxygen atoms in total. The number of benzene rings is 2. The van der Waals surface area contributed by atoms with E-state index in [-0.39, 0.29) is 18.0 Å². The van der Waals surface area contributed by atoms with Gasteiger partial charge in [0.15, 0.2) is 5.17 Å². The number of carbonyl (C=O) groups excluding carboxylic acids is 1. The first-order valence-electron chi connectivity index (χ1n) is 10.5. The highest BCUT2D eigenvalue weighted by molar-refractivity contribution is 8.15. The number of nitrogens with zero attached hydrogens (tertiary/aromatic N) is 2. The molecule has 2 aromatic carbocycles. The van der Waals surface area contributed by atoms with E-state index in [0.717, 1.165) is 17.7 Å². The summed E-state index contributed by atoms with van der Waals surface area (Å²) in [6.45, 7) is 0.396. The number of halogens is 3. The van der Waals surface area contributed by atoms with Crippen molar-refractivity contribution in [3.8, 4) is 0 Å². The Labute approximate surface area is 193 Å². The van der Waals surface area contributed by atoms with E-state index < -0.39 is 41.2 Å². The van der Waals surface area contributed by atoms with Crippen LogP contribution in [0.3, 0.4) is 0 Å². The number of anilines is 1. The van der Waals surface area contributed by atoms with Crippen LogP contribution < -0.4 is 5.32 Å². The van der Waals surface area contributed by atoms with Crippen LogP contribution in [0.25, 0.3) is 0 Å². The molecule has 33 heavy (non-hydrogen) atoms. The summed E-state index contributed by atoms with van der Waals surface area (Å²) < 4.78 is 39.1. The molecule has 0 saturated heterocycles. The lowest BCUT2D eigenvalue weighted by atomic mass is 9.80. The van der Waals surface area contributed by atoms with Crippen LogP contribution >= 0.6 is 11.8 Å². The zero-order chi connectivity index (χ0) is 23.8. The van der Waals surface area contributed by atoms with Crippen LogP contribution in [0.1, 0.15) is 17.5 Å². The number of aliphatic imine (C=N–C) groups is 1. The SMILES string of the molecule is CN(Cc1ccccc1)C(=O)[C@H]1C[C@@H](O)[C@H](O)[C@@H]2N=C(Nc3cccc(C(F)(F)F)c3)S[C@@H]21. The van der Waals surface area contributed by atoms with Crippen molar-refractivity contribution in [2.45, 2.75) is 42.6 Å². The Morgan fingerprint density at radius 3 is 2.61 bits per heavy atom. The number of hydrogen-bond donors (Lipinski definition) is 3. The summed E-state index contributed by atoms with van der Waals surface area (Å²) in [6, 6.07) is 13.5. The molecule has 1 aliphatic heterocycles. The molecule has 1 heterocycles. The minimum absolute atomic E-state index is 0.0830. The van der Waals surface area contributed by atoms with Gasteiger partial charge in [0.25, 0.3) is 0 Å². The fourth-order valence-electron chi connectivity index (χ4n) is 4.21. The van der Waals surface area contributed by atoms with E-state index in [9.17, 15) is 28.2 Å². The first-order chi connectivity index (χ1) is 15.6. The number of carbonyl (C=O) groups is 1. The van der Waals surface area contributed by atoms with Gasteiger partial charge in [-0.25, -0.2) is 0 Å². The maximum Gasteiger partial charge on any atom is 0.416 e. The summed E-state index contributed by atoms with van der Waals surface area (Å²) >= 11 is 1.21. The molecule has 1 aliphatic carbocycles. The van der Waals surface area contributed by atoms with E-state index in [1.54, 1.807) is 11.9 Å². The second-order valence-corrected chi connectivity index (χ2v) is 9.46. The highest BCUT2D eigenvalue weighted by Crippen LogP contribution is 2.42. The molecule has 0 unspecified atom stereocenters. The molecular formula is C23H24F3N3O3S. The Bertz CT molecular complexity index is 1030. The maximum absolute atomic E-state index is 13.2. The van der Waals surface area contributed by atoms with E-state index in [1.165, 1.54) is 23.9 Å². The minimum atomic E-state index is -4.47. The van der Waals surface area contributed by atoms with Gasteiger partial charge in [-0.1, -0.05) is 48.2 Å². The normalized spacial score (nSPS) is 27.0. The summed E-state index contributed by atoms with van der Waals surface area (Å²) in [6.07, 6.45) is -6.67. The second-order valence-electron chi connectivity index (χ2n) is 8.29. The Balaban J connectivity index is 1.50. The number of thioether (sulfide) groups is 1. The minimum Gasteiger partial charge on any atom is -0.390 e. The molecule has 4 rings (SSSR count). The van der Waals surface area contributed by atoms with Gasteiger partial charge in [0.1, 0.15) is 6.10 Å². The molecule has 176 valence electrons. The average molecular weight is 480 g/mol. The summed E-state index contributed by atoms with van der Waals surface area (Å²) in [7, 11) is 1.68. The van der Waals surface area contributed by atoms with E-state index >= 15 is 0 Å². The molecule has 3 N–H and O–H groups in total. The Morgan fingerprint density at radius 1 is 1.18 bits per heavy atom. The predicted molar refractivity (Wildman–Crippen MR) is 121 cm³/mol. The van der Waals surface area contributed by atoms with Gasteiger partial charge in [-0.05, 0) is 30.2 Å². The van der Waals surface area contributed by atoms with Gasteiger partial charge in [0, 0.05) is 24.5 Å². The lowest BCUT2D eigenvalue weighted by Gasteiger charge is -2.38. The highest BCUT2D eigenvalue weighted by atomic mass is 32.2. The van der Waals surface area contributed by atoms with Crippen molar-refractivity contribution in [1.29, 1.82) is 0 Å². The van der Waals surface area contributed by atoms with Gasteiger partial charge in [-0.15, -0.1) is 0 Å². The van der Waals surface area contributed by atoms with Gasteiger partial charge in [0.2, 0.25) is 5.91 Å². The first kappa shape index (κ1) is 23.6. The summed E-state index contributed by atoms with van der Waals surface area (Å²) in [5.41, 5.74) is 0.372. The average Bonchev–Trinajstić information content (AvgIpc) is 3.20. The molecule has 1 amide bonds. The van der Waals surface area contributed by atoms with Crippen LogP contribution in [0, 0.1) is 5.92 Å². The van der Waals surface area contributed by atoms with E-state index in [2.05, 4.69) is 10.3 Å². The number of alkyl halides is 3. The van der Waals surface area contributed by atoms with E-state index in [0.29, 0.717) is 11.7 Å². The largest absolute Gasteiger partial charge is 0.416 e. The van der Waals surface area contributed by atoms with Crippen LogP contribution in [0.4, 0.5) is 18.9 Å². The predicted octanol–water partition coefficient (Wildman–Crippen LogP) is 3.36. The van der Waals surface area contributed by atoms with Crippen LogP contribution in [0.5, 0.6) is 0 Å². The van der Waals surface area contributed by atoms with Crippen molar-refractivity contribution in [3.63, 3.8) is 0 Å². The number of aliphatic hydroxyl groups is 2. The number of amides is 1. The van der Waals surface area contributed by atoms with Gasteiger partial charge < -0.3 is 20.4 Å². The number of aliphatic hydroxyl groups excluding tert-OH is 2. The Kier molecular flexibility index (Phi) is 6.69. The standard InChI is InChI=1S/C23H24F3N3O3S/c1-29(12-13-6-3-2-4-7-13)21(32)16-11-17(30)19(31)18-20(16)33-22(28-18)27-15-9-5-8-14(10-15)23(24,25)26/h2-10,16-20,30-31H,11-12H2,1H3,(H,27,28)/t16-,17+,18-,19-,20+/m0/s1. The van der Waals surface area contributed by atoms with Crippen LogP contribution in [0.2, 0.25) is 0 Å². The quantitative estimate of drug-likeness (QED) is 0.626. The van der Waals surface area contributed by atoms with Crippen LogP contribution in [-0.2, 0) is 17.5 Å². The van der Waals surface area contributed by atoms with Gasteiger partial charge in [-0.3, -0.25) is 9.79 Å². The topological polar surface area (TPSA) is 85.2 Å². The third kappa shape index (κ3) is 5.18. The molecule has 2 aromatic rings. The summed E-state index contributed by atoms with van der Waals surface area (Å²) in [5.74, 6) is -0.778. The van der Waals surface area contributed by atoms with Gasteiger partial charge in [-0.2, -0.15) is 13.2 Å². The Morgan fingerprint density at radius 2 is 1.91 bits per heavy atom. The van der Waals surface area contributed by atoms with Crippen molar-refractivity contribution < 1.29 is 28.2 Å². The molecule has 0 bridgehead atoms. The number of fused-ring (bicyclic) bond motifs is 1. The smallest absolute Gasteiger partial charge is 0.390 e. The maximum atomic E-state index is 13.2. The highest BCUT2D eigenvalue weighted by Gasteiger charge is 2.50. The third-order valence-corrected chi connectivity index (χ3v) is 7.19. The van der Waals surface area contributed by atoms with Crippen molar-refractivity contribution in [1.82, 2.24) is 4.90 Å². The molecule has 0 radical (unpaired) electrons. The number of hydrogen-bond acceptors (Lipinski definition) is 6. The molecule has 1 saturated carbocycles. The first-order valence-corrected chi connectivity index (χ1v) is 11.3. The third-order valence-electron chi connectivity index (χ3n) is 5.88. The molecule has 10 heteroatoms. The number of amidine groups is 1. The number of nitrogens with one attached hydrogen (secondary N) is 1. The Hall–Kier alpha value is -2.56. The fourth-order valence-corrected chi connectivity index (χ4v) is 5.58. The van der Waals surface area contributed by atoms with Crippen molar-refractivity contribution in [2.75, 3.05) is 12.4 Å². The monoisotopic (exact) mass is 479 g/mol. The molecule has 2 aliphatic rings. The van der Waals surface area contributed by atoms with Crippen LogP contribution in [-0.4, -0.2) is 56.7 Å². The van der Waals surface area contributed by atoms with Crippen molar-refractivity contribution in [2.24, 2.45) is 10.9 Å². The van der Waals surface area contributed by atoms with Crippen molar-refractivity contribution >= 4 is 28.5 Å². The zero-order valence-corrected chi connectivity index (χ0v) is 18.6. The molecule has 0 aromatic heterocycles.